The van der Waals surface area contributed by atoms with Crippen molar-refractivity contribution < 1.29 is 37.2 Å². The third-order valence-electron chi connectivity index (χ3n) is 3.51. The molecule has 2 heterocycles. The number of alkyl halides is 4. The van der Waals surface area contributed by atoms with Gasteiger partial charge in [-0.1, -0.05) is 11.8 Å². The Kier molecular flexibility index (Phi) is 6.11. The summed E-state index contributed by atoms with van der Waals surface area (Å²) in [5, 5.41) is 23.2. The van der Waals surface area contributed by atoms with Crippen molar-refractivity contribution in [1.82, 2.24) is 5.32 Å². The maximum Gasteiger partial charge on any atom is 0.417 e. The highest BCUT2D eigenvalue weighted by Gasteiger charge is 2.57. The van der Waals surface area contributed by atoms with Gasteiger partial charge < -0.3 is 25.0 Å². The van der Waals surface area contributed by atoms with Crippen LogP contribution in [-0.4, -0.2) is 77.8 Å². The molecule has 0 aromatic heterocycles. The van der Waals surface area contributed by atoms with E-state index in [1.54, 1.807) is 7.05 Å². The summed E-state index contributed by atoms with van der Waals surface area (Å²) >= 11 is 1.02. The molecule has 0 amide bonds. The van der Waals surface area contributed by atoms with Gasteiger partial charge in [0.05, 0.1) is 13.3 Å². The van der Waals surface area contributed by atoms with Crippen LogP contribution in [0, 0.1) is 0 Å². The smallest absolute Gasteiger partial charge is 0.388 e. The van der Waals surface area contributed by atoms with Crippen LogP contribution in [0.2, 0.25) is 0 Å². The molecule has 0 spiro atoms. The van der Waals surface area contributed by atoms with E-state index >= 15 is 0 Å². The van der Waals surface area contributed by atoms with Gasteiger partial charge >= 0.3 is 6.18 Å². The van der Waals surface area contributed by atoms with Crippen LogP contribution in [0.15, 0.2) is 4.99 Å². The summed E-state index contributed by atoms with van der Waals surface area (Å²) in [6.45, 7) is -1.29. The van der Waals surface area contributed by atoms with Gasteiger partial charge in [-0.15, -0.1) is 0 Å². The van der Waals surface area contributed by atoms with Gasteiger partial charge in [0.1, 0.15) is 29.8 Å². The molecule has 1 saturated heterocycles. The molecule has 6 atom stereocenters. The lowest BCUT2D eigenvalue weighted by atomic mass is 9.94. The normalized spacial score (nSPS) is 35.6. The topological polar surface area (TPSA) is 83.3 Å². The largest absolute Gasteiger partial charge is 0.417 e. The number of fused-ring (bicyclic) bond motifs is 1. The average Bonchev–Trinajstić information content (AvgIpc) is 2.90. The Morgan fingerprint density at radius 1 is 1.39 bits per heavy atom. The molecule has 11 heteroatoms. The molecule has 0 aliphatic carbocycles. The van der Waals surface area contributed by atoms with Crippen molar-refractivity contribution in [3.63, 3.8) is 0 Å². The first kappa shape index (κ1) is 18.7. The van der Waals surface area contributed by atoms with Gasteiger partial charge in [-0.05, 0) is 6.42 Å². The van der Waals surface area contributed by atoms with Crippen molar-refractivity contribution in [2.75, 3.05) is 20.3 Å². The number of hydrogen-bond donors (Lipinski definition) is 3. The summed E-state index contributed by atoms with van der Waals surface area (Å²) in [5.74, 6) is 0. The minimum absolute atomic E-state index is 0.203. The van der Waals surface area contributed by atoms with Crippen molar-refractivity contribution in [2.45, 2.75) is 48.5 Å². The molecule has 1 fully saturated rings. The predicted octanol–water partition coefficient (Wildman–Crippen LogP) is 0.431. The van der Waals surface area contributed by atoms with Crippen LogP contribution in [0.3, 0.4) is 0 Å². The van der Waals surface area contributed by atoms with E-state index in [1.807, 2.05) is 0 Å². The second-order valence-corrected chi connectivity index (χ2v) is 6.21. The molecule has 6 nitrogen and oxygen atoms in total. The Balaban J connectivity index is 2.14. The van der Waals surface area contributed by atoms with Crippen molar-refractivity contribution in [3.05, 3.63) is 0 Å². The highest BCUT2D eigenvalue weighted by atomic mass is 32.2. The molecule has 0 saturated carbocycles. The van der Waals surface area contributed by atoms with Crippen molar-refractivity contribution >= 4 is 16.9 Å². The number of thioether (sulfide) groups is 1. The zero-order valence-electron chi connectivity index (χ0n) is 12.2. The van der Waals surface area contributed by atoms with E-state index in [0.717, 1.165) is 11.8 Å². The molecule has 0 bridgehead atoms. The summed E-state index contributed by atoms with van der Waals surface area (Å²) in [7, 11) is 1.57. The molecule has 23 heavy (non-hydrogen) atoms. The lowest BCUT2D eigenvalue weighted by Crippen LogP contribution is -2.61. The van der Waals surface area contributed by atoms with Gasteiger partial charge in [0.2, 0.25) is 0 Å². The van der Waals surface area contributed by atoms with E-state index in [9.17, 15) is 27.8 Å². The number of nitrogens with one attached hydrogen (secondary N) is 1. The quantitative estimate of drug-likeness (QED) is 0.486. The molecule has 0 aromatic rings. The van der Waals surface area contributed by atoms with E-state index in [1.165, 1.54) is 0 Å². The number of rotatable bonds is 5. The van der Waals surface area contributed by atoms with E-state index in [0.29, 0.717) is 5.17 Å². The first-order valence-corrected chi connectivity index (χ1v) is 7.85. The van der Waals surface area contributed by atoms with Crippen LogP contribution < -0.4 is 5.32 Å². The van der Waals surface area contributed by atoms with E-state index in [4.69, 9.17) is 4.74 Å². The van der Waals surface area contributed by atoms with Crippen molar-refractivity contribution in [2.24, 2.45) is 4.99 Å². The number of amidine groups is 1. The molecular formula is C12H18F4N2O4S. The molecule has 2 aliphatic rings. The first-order valence-electron chi connectivity index (χ1n) is 6.97. The Hall–Kier alpha value is -0.620. The SMILES string of the molecule is CNC1=N[C@@H]2[C@@H](O)[C@H](O)[C@@H]([C@@H](OCCCF)C(F)(F)F)O[C@@H]2S1. The molecular weight excluding hydrogens is 344 g/mol. The molecule has 2 aliphatic heterocycles. The van der Waals surface area contributed by atoms with Crippen molar-refractivity contribution in [1.29, 1.82) is 0 Å². The summed E-state index contributed by atoms with van der Waals surface area (Å²) in [5.41, 5.74) is -0.865. The van der Waals surface area contributed by atoms with Gasteiger partial charge in [0.15, 0.2) is 11.3 Å². The fraction of sp³-hybridized carbons (Fsp3) is 0.917. The Morgan fingerprint density at radius 2 is 2.09 bits per heavy atom. The number of nitrogens with zero attached hydrogens (tertiary/aromatic N) is 1. The molecule has 3 N–H and O–H groups in total. The van der Waals surface area contributed by atoms with Gasteiger partial charge in [-0.25, -0.2) is 0 Å². The number of aliphatic hydroxyl groups is 2. The van der Waals surface area contributed by atoms with Gasteiger partial charge in [-0.2, -0.15) is 13.2 Å². The van der Waals surface area contributed by atoms with Crippen LogP contribution in [0.5, 0.6) is 0 Å². The Labute approximate surface area is 134 Å². The maximum absolute atomic E-state index is 13.2. The lowest BCUT2D eigenvalue weighted by molar-refractivity contribution is -0.284. The summed E-state index contributed by atoms with van der Waals surface area (Å²) < 4.78 is 61.6. The lowest BCUT2D eigenvalue weighted by Gasteiger charge is -2.41. The van der Waals surface area contributed by atoms with E-state index < -0.39 is 55.4 Å². The fourth-order valence-corrected chi connectivity index (χ4v) is 3.46. The standard InChI is InChI=1S/C12H18F4N2O4S/c1-17-11-18-5-6(19)7(20)8(22-10(5)23-11)9(12(14,15)16)21-4-2-3-13/h5-10,19-20H,2-4H2,1H3,(H,17,18)/t5-,6-,7+,8+,9-,10-/m1/s1. The first-order chi connectivity index (χ1) is 10.8. The summed E-state index contributed by atoms with van der Waals surface area (Å²) in [4.78, 5) is 4.05. The molecule has 2 rings (SSSR count). The molecule has 0 unspecified atom stereocenters. The second kappa shape index (κ2) is 7.51. The second-order valence-electron chi connectivity index (χ2n) is 5.12. The third kappa shape index (κ3) is 4.08. The fourth-order valence-electron chi connectivity index (χ4n) is 2.40. The Bertz CT molecular complexity index is 440. The number of aliphatic imine (C=N–C) groups is 1. The third-order valence-corrected chi connectivity index (χ3v) is 4.67. The van der Waals surface area contributed by atoms with E-state index in [2.05, 4.69) is 15.0 Å². The number of halogens is 4. The van der Waals surface area contributed by atoms with E-state index in [-0.39, 0.29) is 6.42 Å². The molecule has 0 aromatic carbocycles. The number of aliphatic hydroxyl groups excluding tert-OH is 2. The minimum Gasteiger partial charge on any atom is -0.388 e. The summed E-state index contributed by atoms with van der Waals surface area (Å²) in [6.07, 6.45) is -12.7. The molecule has 0 radical (unpaired) electrons. The van der Waals surface area contributed by atoms with Gasteiger partial charge in [0.25, 0.3) is 0 Å². The predicted molar refractivity (Wildman–Crippen MR) is 74.9 cm³/mol. The number of ether oxygens (including phenoxy) is 2. The monoisotopic (exact) mass is 362 g/mol. The van der Waals surface area contributed by atoms with Crippen LogP contribution in [-0.2, 0) is 9.47 Å². The van der Waals surface area contributed by atoms with Gasteiger partial charge in [0, 0.05) is 7.05 Å². The molecule has 134 valence electrons. The van der Waals surface area contributed by atoms with Gasteiger partial charge in [-0.3, -0.25) is 9.38 Å². The summed E-state index contributed by atoms with van der Waals surface area (Å²) in [6, 6.07) is -0.867. The van der Waals surface area contributed by atoms with Crippen molar-refractivity contribution in [3.8, 4) is 0 Å². The van der Waals surface area contributed by atoms with Crippen LogP contribution >= 0.6 is 11.8 Å². The highest BCUT2D eigenvalue weighted by molar-refractivity contribution is 8.14. The minimum atomic E-state index is -4.83. The van der Waals surface area contributed by atoms with Crippen LogP contribution in [0.4, 0.5) is 17.6 Å². The zero-order valence-corrected chi connectivity index (χ0v) is 13.0. The maximum atomic E-state index is 13.2. The Morgan fingerprint density at radius 3 is 2.65 bits per heavy atom. The number of hydrogen-bond acceptors (Lipinski definition) is 7. The zero-order chi connectivity index (χ0) is 17.2. The van der Waals surface area contributed by atoms with Crippen LogP contribution in [0.25, 0.3) is 0 Å². The highest BCUT2D eigenvalue weighted by Crippen LogP contribution is 2.40. The van der Waals surface area contributed by atoms with Crippen LogP contribution in [0.1, 0.15) is 6.42 Å². The average molecular weight is 362 g/mol.